The molecule has 2 aromatic carbocycles. The molecular formula is C31H40N2O5. The van der Waals surface area contributed by atoms with Gasteiger partial charge in [0.05, 0.1) is 25.8 Å². The minimum atomic E-state index is -0.742. The Balaban J connectivity index is 1.29. The maximum Gasteiger partial charge on any atom is 0.303 e. The molecule has 7 heteroatoms. The number of carboxylic acid groups (broad SMARTS) is 1. The van der Waals surface area contributed by atoms with Crippen LogP contribution < -0.4 is 9.47 Å². The zero-order valence-corrected chi connectivity index (χ0v) is 22.5. The highest BCUT2D eigenvalue weighted by Crippen LogP contribution is 2.35. The van der Waals surface area contributed by atoms with Gasteiger partial charge in [-0.05, 0) is 111 Å². The lowest BCUT2D eigenvalue weighted by atomic mass is 9.79. The van der Waals surface area contributed by atoms with Gasteiger partial charge >= 0.3 is 5.97 Å². The molecule has 0 bridgehead atoms. The Morgan fingerprint density at radius 3 is 2.55 bits per heavy atom. The first-order chi connectivity index (χ1) is 18.5. The number of pyridine rings is 1. The third-order valence-electron chi connectivity index (χ3n) is 7.91. The van der Waals surface area contributed by atoms with Crippen molar-refractivity contribution in [3.8, 4) is 11.5 Å². The molecule has 0 amide bonds. The van der Waals surface area contributed by atoms with Gasteiger partial charge in [0.2, 0.25) is 0 Å². The highest BCUT2D eigenvalue weighted by atomic mass is 16.5. The number of fused-ring (bicyclic) bond motifs is 1. The molecule has 1 unspecified atom stereocenters. The predicted molar refractivity (Wildman–Crippen MR) is 149 cm³/mol. The minimum Gasteiger partial charge on any atom is -0.497 e. The van der Waals surface area contributed by atoms with E-state index >= 15 is 0 Å². The summed E-state index contributed by atoms with van der Waals surface area (Å²) in [7, 11) is 3.31. The zero-order chi connectivity index (χ0) is 26.9. The Kier molecular flexibility index (Phi) is 9.96. The van der Waals surface area contributed by atoms with Crippen LogP contribution in [0.25, 0.3) is 10.9 Å². The largest absolute Gasteiger partial charge is 0.497 e. The lowest BCUT2D eigenvalue weighted by molar-refractivity contribution is -0.139. The second-order valence-electron chi connectivity index (χ2n) is 10.4. The van der Waals surface area contributed by atoms with Crippen LogP contribution in [0.3, 0.4) is 0 Å². The van der Waals surface area contributed by atoms with Crippen molar-refractivity contribution in [1.82, 2.24) is 9.88 Å². The van der Waals surface area contributed by atoms with Crippen molar-refractivity contribution in [2.24, 2.45) is 11.8 Å². The average Bonchev–Trinajstić information content (AvgIpc) is 2.94. The molecule has 1 fully saturated rings. The molecule has 1 saturated heterocycles. The number of piperidine rings is 1. The number of aliphatic hydroxyl groups is 1. The lowest BCUT2D eigenvalue weighted by Gasteiger charge is -2.38. The average molecular weight is 521 g/mol. The van der Waals surface area contributed by atoms with E-state index in [2.05, 4.69) is 22.0 Å². The molecule has 1 aliphatic rings. The second-order valence-corrected chi connectivity index (χ2v) is 10.4. The quantitative estimate of drug-likeness (QED) is 0.288. The van der Waals surface area contributed by atoms with Gasteiger partial charge in [0.25, 0.3) is 0 Å². The van der Waals surface area contributed by atoms with E-state index in [4.69, 9.17) is 9.47 Å². The summed E-state index contributed by atoms with van der Waals surface area (Å²) in [6.45, 7) is 2.78. The summed E-state index contributed by atoms with van der Waals surface area (Å²) < 4.78 is 10.6. The molecule has 0 aliphatic carbocycles. The van der Waals surface area contributed by atoms with Gasteiger partial charge in [-0.2, -0.15) is 0 Å². The number of aromatic nitrogens is 1. The van der Waals surface area contributed by atoms with Crippen LogP contribution >= 0.6 is 0 Å². The van der Waals surface area contributed by atoms with E-state index in [9.17, 15) is 15.0 Å². The SMILES string of the molecule is COc1ccc(CCCCN2CC[C@@H](CCC(O)c3ccnc4ccc(OC)cc34)[C@@H](CC(=O)O)C2)cc1. The van der Waals surface area contributed by atoms with E-state index in [0.29, 0.717) is 12.3 Å². The van der Waals surface area contributed by atoms with Gasteiger partial charge in [0.15, 0.2) is 0 Å². The lowest BCUT2D eigenvalue weighted by Crippen LogP contribution is -2.41. The molecule has 1 aromatic heterocycles. The van der Waals surface area contributed by atoms with Crippen molar-refractivity contribution in [2.75, 3.05) is 33.9 Å². The van der Waals surface area contributed by atoms with E-state index in [-0.39, 0.29) is 12.3 Å². The number of benzene rings is 2. The van der Waals surface area contributed by atoms with Crippen molar-refractivity contribution >= 4 is 16.9 Å². The van der Waals surface area contributed by atoms with Gasteiger partial charge in [-0.25, -0.2) is 0 Å². The predicted octanol–water partition coefficient (Wildman–Crippen LogP) is 5.50. The molecule has 0 radical (unpaired) electrons. The first-order valence-electron chi connectivity index (χ1n) is 13.6. The number of hydrogen-bond acceptors (Lipinski definition) is 6. The highest BCUT2D eigenvalue weighted by Gasteiger charge is 2.31. The smallest absolute Gasteiger partial charge is 0.303 e. The van der Waals surface area contributed by atoms with E-state index < -0.39 is 12.1 Å². The molecule has 1 aliphatic heterocycles. The van der Waals surface area contributed by atoms with Gasteiger partial charge in [-0.15, -0.1) is 0 Å². The summed E-state index contributed by atoms with van der Waals surface area (Å²) in [6, 6.07) is 15.8. The summed E-state index contributed by atoms with van der Waals surface area (Å²) in [6.07, 6.45) is 6.87. The van der Waals surface area contributed by atoms with E-state index in [0.717, 1.165) is 79.7 Å². The Hall–Kier alpha value is -3.16. The van der Waals surface area contributed by atoms with Crippen LogP contribution in [0.15, 0.2) is 54.7 Å². The number of hydrogen-bond donors (Lipinski definition) is 2. The van der Waals surface area contributed by atoms with Crippen LogP contribution in [0.4, 0.5) is 0 Å². The molecule has 0 saturated carbocycles. The number of unbranched alkanes of at least 4 members (excludes halogenated alkanes) is 1. The molecule has 0 spiro atoms. The maximum atomic E-state index is 11.7. The topological polar surface area (TPSA) is 92.1 Å². The normalized spacial score (nSPS) is 18.8. The Bertz CT molecular complexity index is 1180. The number of carbonyl (C=O) groups is 1. The molecule has 204 valence electrons. The minimum absolute atomic E-state index is 0.101. The number of aliphatic hydroxyl groups excluding tert-OH is 1. The maximum absolute atomic E-state index is 11.7. The van der Waals surface area contributed by atoms with Gasteiger partial charge < -0.3 is 24.6 Å². The monoisotopic (exact) mass is 520 g/mol. The molecule has 7 nitrogen and oxygen atoms in total. The number of methoxy groups -OCH3 is 2. The van der Waals surface area contributed by atoms with E-state index in [1.807, 2.05) is 36.4 Å². The number of aryl methyl sites for hydroxylation is 1. The summed E-state index contributed by atoms with van der Waals surface area (Å²) >= 11 is 0. The fourth-order valence-corrected chi connectivity index (χ4v) is 5.74. The molecule has 38 heavy (non-hydrogen) atoms. The second kappa shape index (κ2) is 13.6. The Morgan fingerprint density at radius 1 is 1.05 bits per heavy atom. The van der Waals surface area contributed by atoms with Crippen LogP contribution in [-0.2, 0) is 11.2 Å². The molecule has 3 atom stereocenters. The standard InChI is InChI=1S/C31H40N2O5/c1-37-25-9-6-22(7-10-25)5-3-4-17-33-18-15-23(24(21-33)19-31(35)36)8-13-30(34)27-14-16-32-29-12-11-26(38-2)20-28(27)29/h6-7,9-12,14,16,20,23-24,30,34H,3-5,8,13,15,17-19,21H2,1-2H3,(H,35,36)/t23-,24+,30?/m1/s1. The zero-order valence-electron chi connectivity index (χ0n) is 22.5. The number of carboxylic acids is 1. The molecular weight excluding hydrogens is 480 g/mol. The summed E-state index contributed by atoms with van der Waals surface area (Å²) in [4.78, 5) is 18.5. The van der Waals surface area contributed by atoms with Crippen LogP contribution in [0.5, 0.6) is 11.5 Å². The van der Waals surface area contributed by atoms with Crippen molar-refractivity contribution in [2.45, 2.75) is 51.0 Å². The van der Waals surface area contributed by atoms with Crippen LogP contribution in [0, 0.1) is 11.8 Å². The van der Waals surface area contributed by atoms with Crippen molar-refractivity contribution in [3.05, 3.63) is 65.9 Å². The van der Waals surface area contributed by atoms with E-state index in [1.165, 1.54) is 5.56 Å². The number of rotatable bonds is 13. The number of likely N-dealkylation sites (tertiary alicyclic amines) is 1. The first-order valence-corrected chi connectivity index (χ1v) is 13.6. The van der Waals surface area contributed by atoms with Gasteiger partial charge in [-0.1, -0.05) is 12.1 Å². The Labute approximate surface area is 225 Å². The first kappa shape index (κ1) is 27.9. The van der Waals surface area contributed by atoms with Crippen molar-refractivity contribution in [3.63, 3.8) is 0 Å². The number of aliphatic carboxylic acids is 1. The van der Waals surface area contributed by atoms with Gasteiger partial charge in [0, 0.05) is 24.5 Å². The molecule has 4 rings (SSSR count). The Morgan fingerprint density at radius 2 is 1.82 bits per heavy atom. The molecule has 3 aromatic rings. The molecule has 2 heterocycles. The van der Waals surface area contributed by atoms with Crippen LogP contribution in [-0.4, -0.2) is 59.9 Å². The summed E-state index contributed by atoms with van der Waals surface area (Å²) in [5.41, 5.74) is 2.98. The van der Waals surface area contributed by atoms with Gasteiger partial charge in [0.1, 0.15) is 11.5 Å². The summed E-state index contributed by atoms with van der Waals surface area (Å²) in [5.74, 6) is 1.26. The van der Waals surface area contributed by atoms with E-state index in [1.54, 1.807) is 20.4 Å². The fraction of sp³-hybridized carbons (Fsp3) is 0.484. The summed E-state index contributed by atoms with van der Waals surface area (Å²) in [5, 5.41) is 21.6. The van der Waals surface area contributed by atoms with Gasteiger partial charge in [-0.3, -0.25) is 9.78 Å². The third-order valence-corrected chi connectivity index (χ3v) is 7.91. The van der Waals surface area contributed by atoms with Crippen molar-refractivity contribution in [1.29, 1.82) is 0 Å². The number of ether oxygens (including phenoxy) is 2. The highest BCUT2D eigenvalue weighted by molar-refractivity contribution is 5.83. The fourth-order valence-electron chi connectivity index (χ4n) is 5.74. The van der Waals surface area contributed by atoms with Crippen molar-refractivity contribution < 1.29 is 24.5 Å². The molecule has 2 N–H and O–H groups in total. The van der Waals surface area contributed by atoms with Crippen LogP contribution in [0.2, 0.25) is 0 Å². The third kappa shape index (κ3) is 7.45. The number of nitrogens with zero attached hydrogens (tertiary/aromatic N) is 2. The van der Waals surface area contributed by atoms with Crippen LogP contribution in [0.1, 0.15) is 55.8 Å².